The fourth-order valence-corrected chi connectivity index (χ4v) is 3.76. The maximum absolute atomic E-state index is 2.61. The van der Waals surface area contributed by atoms with Crippen molar-refractivity contribution in [1.29, 1.82) is 0 Å². The molecule has 0 radical (unpaired) electrons. The molecule has 0 bridgehead atoms. The molecule has 0 aromatic rings. The number of likely N-dealkylation sites (tertiary alicyclic amines) is 1. The van der Waals surface area contributed by atoms with Crippen molar-refractivity contribution in [3.05, 3.63) is 0 Å². The molecule has 3 heteroatoms. The van der Waals surface area contributed by atoms with Crippen LogP contribution < -0.4 is 0 Å². The summed E-state index contributed by atoms with van der Waals surface area (Å²) in [4.78, 5) is 2.61. The van der Waals surface area contributed by atoms with Crippen LogP contribution in [0.25, 0.3) is 0 Å². The molecular formula is C10H19IN2. The Bertz CT molecular complexity index is 186. The predicted octanol–water partition coefficient (Wildman–Crippen LogP) is 2.29. The van der Waals surface area contributed by atoms with Gasteiger partial charge in [0.05, 0.1) is 0 Å². The molecule has 2 saturated heterocycles. The van der Waals surface area contributed by atoms with E-state index >= 15 is 0 Å². The Kier molecular flexibility index (Phi) is 3.15. The van der Waals surface area contributed by atoms with Crippen molar-refractivity contribution in [2.75, 3.05) is 26.2 Å². The summed E-state index contributed by atoms with van der Waals surface area (Å²) < 4.78 is 2.58. The Labute approximate surface area is 95.2 Å². The number of likely N-dealkylation sites (N-methyl/N-ethyl adjacent to an activating group) is 1. The number of hydrogen-bond donors (Lipinski definition) is 0. The molecule has 13 heavy (non-hydrogen) atoms. The lowest BCUT2D eigenvalue weighted by atomic mass is 9.88. The third-order valence-corrected chi connectivity index (χ3v) is 5.10. The zero-order valence-electron chi connectivity index (χ0n) is 8.43. The summed E-state index contributed by atoms with van der Waals surface area (Å²) in [6, 6.07) is 0. The Hall–Kier alpha value is 0.650. The van der Waals surface area contributed by atoms with E-state index in [1.54, 1.807) is 0 Å². The highest BCUT2D eigenvalue weighted by atomic mass is 127. The summed E-state index contributed by atoms with van der Waals surface area (Å²) in [5.41, 5.74) is 0.550. The van der Waals surface area contributed by atoms with Crippen LogP contribution in [0.4, 0.5) is 0 Å². The van der Waals surface area contributed by atoms with E-state index < -0.39 is 0 Å². The van der Waals surface area contributed by atoms with Gasteiger partial charge in [-0.1, -0.05) is 6.92 Å². The molecule has 0 aromatic heterocycles. The van der Waals surface area contributed by atoms with Gasteiger partial charge in [-0.25, -0.2) is 3.11 Å². The monoisotopic (exact) mass is 294 g/mol. The molecule has 76 valence electrons. The molecular weight excluding hydrogens is 275 g/mol. The van der Waals surface area contributed by atoms with Gasteiger partial charge in [-0.3, -0.25) is 0 Å². The first kappa shape index (κ1) is 10.2. The molecule has 1 unspecified atom stereocenters. The molecule has 2 nitrogen and oxygen atoms in total. The number of nitrogens with zero attached hydrogens (tertiary/aromatic N) is 2. The molecule has 0 aliphatic carbocycles. The highest BCUT2D eigenvalue weighted by Gasteiger charge is 2.42. The maximum atomic E-state index is 2.61. The van der Waals surface area contributed by atoms with Gasteiger partial charge in [0.1, 0.15) is 0 Å². The van der Waals surface area contributed by atoms with Crippen LogP contribution in [0.5, 0.6) is 0 Å². The number of piperidine rings is 1. The molecule has 2 aliphatic rings. The summed E-state index contributed by atoms with van der Waals surface area (Å²) in [5.74, 6) is 0. The van der Waals surface area contributed by atoms with Crippen molar-refractivity contribution in [2.24, 2.45) is 0 Å². The van der Waals surface area contributed by atoms with Crippen LogP contribution in [-0.4, -0.2) is 39.7 Å². The minimum Gasteiger partial charge on any atom is -0.302 e. The number of halogens is 1. The molecule has 0 N–H and O–H groups in total. The highest BCUT2D eigenvalue weighted by molar-refractivity contribution is 14.1. The van der Waals surface area contributed by atoms with E-state index in [2.05, 4.69) is 37.8 Å². The summed E-state index contributed by atoms with van der Waals surface area (Å²) in [7, 11) is 0. The summed E-state index contributed by atoms with van der Waals surface area (Å²) in [6.07, 6.45) is 5.65. The second-order valence-corrected chi connectivity index (χ2v) is 5.55. The SMILES string of the molecule is CCN1CCCC2(CCCN2I)C1. The lowest BCUT2D eigenvalue weighted by molar-refractivity contribution is 0.107. The first-order valence-corrected chi connectivity index (χ1v) is 6.39. The minimum absolute atomic E-state index is 0.550. The van der Waals surface area contributed by atoms with Crippen LogP contribution in [0.2, 0.25) is 0 Å². The molecule has 0 amide bonds. The van der Waals surface area contributed by atoms with Gasteiger partial charge in [0.2, 0.25) is 0 Å². The molecule has 1 spiro atoms. The topological polar surface area (TPSA) is 6.48 Å². The molecule has 2 heterocycles. The average Bonchev–Trinajstić information content (AvgIpc) is 2.48. The largest absolute Gasteiger partial charge is 0.302 e. The first-order valence-electron chi connectivity index (χ1n) is 5.43. The first-order chi connectivity index (χ1) is 6.27. The maximum Gasteiger partial charge on any atom is 0.0432 e. The van der Waals surface area contributed by atoms with Gasteiger partial charge in [0.15, 0.2) is 0 Å². The van der Waals surface area contributed by atoms with Gasteiger partial charge in [-0.2, -0.15) is 0 Å². The summed E-state index contributed by atoms with van der Waals surface area (Å²) in [6.45, 7) is 7.45. The number of hydrogen-bond acceptors (Lipinski definition) is 2. The highest BCUT2D eigenvalue weighted by Crippen LogP contribution is 2.39. The Morgan fingerprint density at radius 3 is 2.54 bits per heavy atom. The van der Waals surface area contributed by atoms with Crippen molar-refractivity contribution in [1.82, 2.24) is 8.01 Å². The van der Waals surface area contributed by atoms with Crippen LogP contribution in [0.3, 0.4) is 0 Å². The van der Waals surface area contributed by atoms with E-state index in [4.69, 9.17) is 0 Å². The quantitative estimate of drug-likeness (QED) is 0.541. The molecule has 2 fully saturated rings. The normalized spacial score (nSPS) is 37.4. The van der Waals surface area contributed by atoms with Gasteiger partial charge in [0.25, 0.3) is 0 Å². The lowest BCUT2D eigenvalue weighted by Gasteiger charge is -2.43. The minimum atomic E-state index is 0.550. The fourth-order valence-electron chi connectivity index (χ4n) is 2.78. The van der Waals surface area contributed by atoms with E-state index in [9.17, 15) is 0 Å². The predicted molar refractivity (Wildman–Crippen MR) is 64.0 cm³/mol. The van der Waals surface area contributed by atoms with E-state index in [0.29, 0.717) is 5.54 Å². The summed E-state index contributed by atoms with van der Waals surface area (Å²) >= 11 is 2.54. The average molecular weight is 294 g/mol. The second-order valence-electron chi connectivity index (χ2n) is 4.39. The van der Waals surface area contributed by atoms with Gasteiger partial charge >= 0.3 is 0 Å². The van der Waals surface area contributed by atoms with Crippen LogP contribution in [0, 0.1) is 0 Å². The second kappa shape index (κ2) is 4.03. The van der Waals surface area contributed by atoms with E-state index in [0.717, 1.165) is 0 Å². The van der Waals surface area contributed by atoms with Crippen molar-refractivity contribution in [2.45, 2.75) is 38.1 Å². The zero-order valence-corrected chi connectivity index (χ0v) is 10.6. The summed E-state index contributed by atoms with van der Waals surface area (Å²) in [5, 5.41) is 0. The van der Waals surface area contributed by atoms with Gasteiger partial charge in [0, 0.05) is 41.5 Å². The Morgan fingerprint density at radius 2 is 1.92 bits per heavy atom. The molecule has 0 aromatic carbocycles. The van der Waals surface area contributed by atoms with Crippen molar-refractivity contribution in [3.8, 4) is 0 Å². The Balaban J connectivity index is 2.04. The van der Waals surface area contributed by atoms with Crippen molar-refractivity contribution in [3.63, 3.8) is 0 Å². The van der Waals surface area contributed by atoms with Gasteiger partial charge < -0.3 is 4.90 Å². The standard InChI is InChI=1S/C10H19IN2/c1-2-12-7-3-5-10(9-12)6-4-8-13(10)11/h2-9H2,1H3. The number of rotatable bonds is 1. The van der Waals surface area contributed by atoms with E-state index in [1.807, 2.05) is 0 Å². The van der Waals surface area contributed by atoms with Crippen LogP contribution in [0.1, 0.15) is 32.6 Å². The van der Waals surface area contributed by atoms with Crippen LogP contribution >= 0.6 is 22.9 Å². The van der Waals surface area contributed by atoms with Crippen LogP contribution in [0.15, 0.2) is 0 Å². The third kappa shape index (κ3) is 1.88. The van der Waals surface area contributed by atoms with E-state index in [-0.39, 0.29) is 0 Å². The van der Waals surface area contributed by atoms with Gasteiger partial charge in [-0.15, -0.1) is 0 Å². The molecule has 2 rings (SSSR count). The van der Waals surface area contributed by atoms with Gasteiger partial charge in [-0.05, 0) is 38.8 Å². The third-order valence-electron chi connectivity index (χ3n) is 3.59. The Morgan fingerprint density at radius 1 is 1.23 bits per heavy atom. The van der Waals surface area contributed by atoms with Crippen molar-refractivity contribution >= 4 is 22.9 Å². The zero-order chi connectivity index (χ0) is 9.31. The van der Waals surface area contributed by atoms with E-state index in [1.165, 1.54) is 51.9 Å². The molecule has 0 saturated carbocycles. The molecule has 2 aliphatic heterocycles. The van der Waals surface area contributed by atoms with Crippen molar-refractivity contribution < 1.29 is 0 Å². The molecule has 1 atom stereocenters. The lowest BCUT2D eigenvalue weighted by Crippen LogP contribution is -2.52. The van der Waals surface area contributed by atoms with Crippen LogP contribution in [-0.2, 0) is 0 Å². The smallest absolute Gasteiger partial charge is 0.0432 e. The fraction of sp³-hybridized carbons (Fsp3) is 1.00.